The molecule has 0 aliphatic carbocycles. The maximum Gasteiger partial charge on any atom is 0.259 e. The summed E-state index contributed by atoms with van der Waals surface area (Å²) in [6.45, 7) is 0. The van der Waals surface area contributed by atoms with Gasteiger partial charge in [-0.1, -0.05) is 24.3 Å². The van der Waals surface area contributed by atoms with Gasteiger partial charge < -0.3 is 16.2 Å². The third-order valence-electron chi connectivity index (χ3n) is 3.28. The first-order chi connectivity index (χ1) is 10.1. The number of fused-ring (bicyclic) bond motifs is 1. The Balaban J connectivity index is 1.93. The number of phenols is 1. The molecule has 0 bridgehead atoms. The van der Waals surface area contributed by atoms with E-state index in [2.05, 4.69) is 5.32 Å². The number of phenolic OH excluding ortho intramolecular Hbond substituents is 1. The number of hydrogen-bond acceptors (Lipinski definition) is 3. The molecule has 0 saturated carbocycles. The molecular formula is C17H14N2O2. The molecule has 4 heteroatoms. The lowest BCUT2D eigenvalue weighted by Crippen LogP contribution is -2.12. The van der Waals surface area contributed by atoms with Gasteiger partial charge in [0.05, 0.1) is 5.56 Å². The Morgan fingerprint density at radius 1 is 0.952 bits per heavy atom. The lowest BCUT2D eigenvalue weighted by atomic mass is 10.1. The summed E-state index contributed by atoms with van der Waals surface area (Å²) in [6.07, 6.45) is 0. The molecule has 4 N–H and O–H groups in total. The van der Waals surface area contributed by atoms with Crippen molar-refractivity contribution in [2.24, 2.45) is 0 Å². The first-order valence-electron chi connectivity index (χ1n) is 6.52. The summed E-state index contributed by atoms with van der Waals surface area (Å²) in [5, 5.41) is 14.5. The van der Waals surface area contributed by atoms with E-state index in [9.17, 15) is 9.90 Å². The van der Waals surface area contributed by atoms with Gasteiger partial charge in [0.2, 0.25) is 0 Å². The number of benzene rings is 3. The smallest absolute Gasteiger partial charge is 0.259 e. The van der Waals surface area contributed by atoms with Crippen molar-refractivity contribution in [3.63, 3.8) is 0 Å². The van der Waals surface area contributed by atoms with Gasteiger partial charge in [0.25, 0.3) is 5.91 Å². The van der Waals surface area contributed by atoms with Crippen LogP contribution in [0.15, 0.2) is 60.7 Å². The summed E-state index contributed by atoms with van der Waals surface area (Å²) in [5.41, 5.74) is 7.10. The summed E-state index contributed by atoms with van der Waals surface area (Å²) < 4.78 is 0. The molecule has 0 unspecified atom stereocenters. The second-order valence-electron chi connectivity index (χ2n) is 4.79. The summed E-state index contributed by atoms with van der Waals surface area (Å²) in [5.74, 6) is -0.398. The predicted octanol–water partition coefficient (Wildman–Crippen LogP) is 3.38. The van der Waals surface area contributed by atoms with Crippen LogP contribution in [0.5, 0.6) is 5.75 Å². The van der Waals surface area contributed by atoms with Crippen molar-refractivity contribution in [1.29, 1.82) is 0 Å². The SMILES string of the molecule is Nc1ccc(NC(=O)c2cc3ccccc3cc2O)cc1. The molecule has 21 heavy (non-hydrogen) atoms. The zero-order valence-electron chi connectivity index (χ0n) is 11.2. The Labute approximate surface area is 121 Å². The maximum atomic E-state index is 12.3. The van der Waals surface area contributed by atoms with E-state index in [1.54, 1.807) is 36.4 Å². The topological polar surface area (TPSA) is 75.3 Å². The molecule has 3 rings (SSSR count). The molecule has 3 aromatic rings. The van der Waals surface area contributed by atoms with Gasteiger partial charge in [0.15, 0.2) is 0 Å². The molecule has 0 fully saturated rings. The van der Waals surface area contributed by atoms with Crippen LogP contribution in [0.4, 0.5) is 11.4 Å². The highest BCUT2D eigenvalue weighted by Crippen LogP contribution is 2.25. The number of hydrogen-bond donors (Lipinski definition) is 3. The summed E-state index contributed by atoms with van der Waals surface area (Å²) in [4.78, 5) is 12.3. The van der Waals surface area contributed by atoms with Gasteiger partial charge in [-0.3, -0.25) is 4.79 Å². The minimum absolute atomic E-state index is 0.0401. The van der Waals surface area contributed by atoms with Gasteiger partial charge in [-0.05, 0) is 47.2 Å². The first-order valence-corrected chi connectivity index (χ1v) is 6.52. The van der Waals surface area contributed by atoms with Crippen molar-refractivity contribution in [3.05, 3.63) is 66.2 Å². The zero-order valence-corrected chi connectivity index (χ0v) is 11.2. The standard InChI is InChI=1S/C17H14N2O2/c18-13-5-7-14(8-6-13)19-17(21)15-9-11-3-1-2-4-12(11)10-16(15)20/h1-10,20H,18H2,(H,19,21). The highest BCUT2D eigenvalue weighted by Gasteiger charge is 2.12. The number of rotatable bonds is 2. The number of nitrogens with two attached hydrogens (primary N) is 1. The molecular weight excluding hydrogens is 264 g/mol. The minimum atomic E-state index is -0.358. The van der Waals surface area contributed by atoms with Crippen LogP contribution in [0.25, 0.3) is 10.8 Å². The molecule has 0 aliphatic rings. The van der Waals surface area contributed by atoms with E-state index >= 15 is 0 Å². The second-order valence-corrected chi connectivity index (χ2v) is 4.79. The summed E-state index contributed by atoms with van der Waals surface area (Å²) in [6, 6.07) is 17.7. The third kappa shape index (κ3) is 2.65. The van der Waals surface area contributed by atoms with Crippen molar-refractivity contribution >= 4 is 28.1 Å². The molecule has 0 aliphatic heterocycles. The fourth-order valence-electron chi connectivity index (χ4n) is 2.18. The quantitative estimate of drug-likeness (QED) is 0.629. The van der Waals surface area contributed by atoms with Crippen LogP contribution in [0.3, 0.4) is 0 Å². The molecule has 4 nitrogen and oxygen atoms in total. The average Bonchev–Trinajstić information content (AvgIpc) is 2.49. The van der Waals surface area contributed by atoms with E-state index in [-0.39, 0.29) is 17.2 Å². The summed E-state index contributed by atoms with van der Waals surface area (Å²) >= 11 is 0. The fraction of sp³-hybridized carbons (Fsp3) is 0. The van der Waals surface area contributed by atoms with E-state index in [1.165, 1.54) is 0 Å². The Kier molecular flexibility index (Phi) is 3.20. The van der Waals surface area contributed by atoms with Gasteiger partial charge in [-0.15, -0.1) is 0 Å². The zero-order chi connectivity index (χ0) is 14.8. The first kappa shape index (κ1) is 13.0. The second kappa shape index (κ2) is 5.17. The molecule has 0 heterocycles. The van der Waals surface area contributed by atoms with Crippen molar-refractivity contribution in [3.8, 4) is 5.75 Å². The Morgan fingerprint density at radius 3 is 2.24 bits per heavy atom. The van der Waals surface area contributed by atoms with Crippen molar-refractivity contribution < 1.29 is 9.90 Å². The lowest BCUT2D eigenvalue weighted by molar-refractivity contribution is 0.102. The minimum Gasteiger partial charge on any atom is -0.507 e. The van der Waals surface area contributed by atoms with E-state index in [0.717, 1.165) is 10.8 Å². The number of anilines is 2. The largest absolute Gasteiger partial charge is 0.507 e. The fourth-order valence-corrected chi connectivity index (χ4v) is 2.18. The monoisotopic (exact) mass is 278 g/mol. The van der Waals surface area contributed by atoms with Crippen LogP contribution < -0.4 is 11.1 Å². The van der Waals surface area contributed by atoms with Crippen LogP contribution in [0, 0.1) is 0 Å². The Hall–Kier alpha value is -3.01. The number of nitrogens with one attached hydrogen (secondary N) is 1. The van der Waals surface area contributed by atoms with E-state index < -0.39 is 0 Å². The van der Waals surface area contributed by atoms with Crippen LogP contribution in [-0.4, -0.2) is 11.0 Å². The molecule has 1 amide bonds. The molecule has 0 spiro atoms. The summed E-state index contributed by atoms with van der Waals surface area (Å²) in [7, 11) is 0. The number of nitrogen functional groups attached to an aromatic ring is 1. The normalized spacial score (nSPS) is 10.5. The highest BCUT2D eigenvalue weighted by molar-refractivity contribution is 6.08. The molecule has 104 valence electrons. The van der Waals surface area contributed by atoms with Gasteiger partial charge in [-0.2, -0.15) is 0 Å². The van der Waals surface area contributed by atoms with Crippen molar-refractivity contribution in [2.45, 2.75) is 0 Å². The van der Waals surface area contributed by atoms with Gasteiger partial charge in [0, 0.05) is 11.4 Å². The van der Waals surface area contributed by atoms with Crippen LogP contribution in [0.1, 0.15) is 10.4 Å². The van der Waals surface area contributed by atoms with Crippen LogP contribution >= 0.6 is 0 Å². The van der Waals surface area contributed by atoms with Crippen molar-refractivity contribution in [1.82, 2.24) is 0 Å². The van der Waals surface area contributed by atoms with E-state index in [1.807, 2.05) is 24.3 Å². The number of carbonyl (C=O) groups excluding carboxylic acids is 1. The molecule has 0 aromatic heterocycles. The van der Waals surface area contributed by atoms with Gasteiger partial charge in [-0.25, -0.2) is 0 Å². The maximum absolute atomic E-state index is 12.3. The molecule has 3 aromatic carbocycles. The number of aromatic hydroxyl groups is 1. The number of carbonyl (C=O) groups is 1. The molecule has 0 saturated heterocycles. The van der Waals surface area contributed by atoms with Crippen molar-refractivity contribution in [2.75, 3.05) is 11.1 Å². The van der Waals surface area contributed by atoms with E-state index in [4.69, 9.17) is 5.73 Å². The third-order valence-corrected chi connectivity index (χ3v) is 3.28. The van der Waals surface area contributed by atoms with E-state index in [0.29, 0.717) is 11.4 Å². The Bertz CT molecular complexity index is 811. The lowest BCUT2D eigenvalue weighted by Gasteiger charge is -2.08. The van der Waals surface area contributed by atoms with Crippen LogP contribution in [0.2, 0.25) is 0 Å². The predicted molar refractivity (Wildman–Crippen MR) is 84.4 cm³/mol. The highest BCUT2D eigenvalue weighted by atomic mass is 16.3. The molecule has 0 atom stereocenters. The number of amides is 1. The Morgan fingerprint density at radius 2 is 1.57 bits per heavy atom. The molecule has 0 radical (unpaired) electrons. The van der Waals surface area contributed by atoms with Gasteiger partial charge >= 0.3 is 0 Å². The van der Waals surface area contributed by atoms with Crippen LogP contribution in [-0.2, 0) is 0 Å². The average molecular weight is 278 g/mol. The van der Waals surface area contributed by atoms with Gasteiger partial charge in [0.1, 0.15) is 5.75 Å².